The molecule has 154 valence electrons. The largest absolute Gasteiger partial charge is 0.298 e. The number of nitrogens with zero attached hydrogens (tertiary/aromatic N) is 2. The molecule has 0 saturated carbocycles. The number of carbonyl (C=O) groups is 1. The van der Waals surface area contributed by atoms with Gasteiger partial charge in [0.15, 0.2) is 0 Å². The number of imidazole rings is 1. The Kier molecular flexibility index (Phi) is 5.22. The predicted octanol–water partition coefficient (Wildman–Crippen LogP) is 6.99. The van der Waals surface area contributed by atoms with Gasteiger partial charge in [0.1, 0.15) is 12.1 Å². The van der Waals surface area contributed by atoms with Crippen LogP contribution in [0, 0.1) is 6.92 Å². The van der Waals surface area contributed by atoms with Crippen LogP contribution in [0.3, 0.4) is 0 Å². The number of hydrogen-bond acceptors (Lipinski definition) is 2. The molecule has 32 heavy (non-hydrogen) atoms. The highest BCUT2D eigenvalue weighted by Crippen LogP contribution is 2.38. The summed E-state index contributed by atoms with van der Waals surface area (Å²) in [4.78, 5) is 16.3. The van der Waals surface area contributed by atoms with Gasteiger partial charge in [0.05, 0.1) is 11.4 Å². The van der Waals surface area contributed by atoms with Gasteiger partial charge in [-0.15, -0.1) is 0 Å². The van der Waals surface area contributed by atoms with Crippen molar-refractivity contribution in [1.82, 2.24) is 9.55 Å². The summed E-state index contributed by atoms with van der Waals surface area (Å²) in [6.45, 7) is 2.09. The average Bonchev–Trinajstić information content (AvgIpc) is 3.26. The Hall–Kier alpha value is -4.24. The summed E-state index contributed by atoms with van der Waals surface area (Å²) >= 11 is 0. The third-order valence-corrected chi connectivity index (χ3v) is 5.57. The van der Waals surface area contributed by atoms with E-state index >= 15 is 0 Å². The molecule has 0 aliphatic rings. The summed E-state index contributed by atoms with van der Waals surface area (Å²) in [6, 6.07) is 36.7. The molecule has 3 nitrogen and oxygen atoms in total. The lowest BCUT2D eigenvalue weighted by Gasteiger charge is -2.14. The second-order valence-corrected chi connectivity index (χ2v) is 7.78. The number of hydrogen-bond donors (Lipinski definition) is 0. The van der Waals surface area contributed by atoms with E-state index < -0.39 is 0 Å². The van der Waals surface area contributed by atoms with Crippen molar-refractivity contribution < 1.29 is 4.79 Å². The number of aldehydes is 1. The van der Waals surface area contributed by atoms with Crippen molar-refractivity contribution in [3.63, 3.8) is 0 Å². The molecular formula is C29H22N2O. The van der Waals surface area contributed by atoms with Crippen LogP contribution in [0.2, 0.25) is 0 Å². The molecule has 0 bridgehead atoms. The quantitative estimate of drug-likeness (QED) is 0.290. The molecule has 0 spiro atoms. The van der Waals surface area contributed by atoms with Crippen molar-refractivity contribution in [3.05, 3.63) is 120 Å². The molecule has 0 radical (unpaired) electrons. The summed E-state index contributed by atoms with van der Waals surface area (Å²) in [7, 11) is 0. The van der Waals surface area contributed by atoms with E-state index in [1.807, 2.05) is 48.5 Å². The minimum absolute atomic E-state index is 0.647. The van der Waals surface area contributed by atoms with E-state index in [1.54, 1.807) is 0 Å². The van der Waals surface area contributed by atoms with Crippen molar-refractivity contribution in [2.24, 2.45) is 0 Å². The van der Waals surface area contributed by atoms with Crippen LogP contribution in [0.4, 0.5) is 0 Å². The molecule has 0 unspecified atom stereocenters. The molecule has 0 atom stereocenters. The lowest BCUT2D eigenvalue weighted by molar-refractivity contribution is 0.112. The molecule has 4 aromatic carbocycles. The topological polar surface area (TPSA) is 34.9 Å². The molecule has 0 fully saturated rings. The number of aromatic nitrogens is 2. The summed E-state index contributed by atoms with van der Waals surface area (Å²) < 4.78 is 2.22. The highest BCUT2D eigenvalue weighted by atomic mass is 16.1. The second-order valence-electron chi connectivity index (χ2n) is 7.78. The third-order valence-electron chi connectivity index (χ3n) is 5.57. The molecule has 5 rings (SSSR count). The Balaban J connectivity index is 1.86. The first-order valence-corrected chi connectivity index (χ1v) is 10.6. The van der Waals surface area contributed by atoms with E-state index in [0.29, 0.717) is 5.56 Å². The van der Waals surface area contributed by atoms with Crippen LogP contribution in [0.5, 0.6) is 0 Å². The zero-order valence-electron chi connectivity index (χ0n) is 17.8. The first-order valence-electron chi connectivity index (χ1n) is 10.6. The van der Waals surface area contributed by atoms with Crippen molar-refractivity contribution in [1.29, 1.82) is 0 Å². The van der Waals surface area contributed by atoms with Crippen molar-refractivity contribution in [2.45, 2.75) is 6.92 Å². The summed E-state index contributed by atoms with van der Waals surface area (Å²) in [5.41, 5.74) is 7.96. The van der Waals surface area contributed by atoms with Gasteiger partial charge in [0, 0.05) is 27.9 Å². The van der Waals surface area contributed by atoms with Gasteiger partial charge >= 0.3 is 0 Å². The van der Waals surface area contributed by atoms with Gasteiger partial charge in [-0.1, -0.05) is 103 Å². The molecule has 1 heterocycles. The molecule has 1 aromatic heterocycles. The average molecular weight is 415 g/mol. The van der Waals surface area contributed by atoms with Crippen LogP contribution >= 0.6 is 0 Å². The maximum absolute atomic E-state index is 11.2. The zero-order chi connectivity index (χ0) is 21.9. The van der Waals surface area contributed by atoms with Crippen LogP contribution in [0.15, 0.2) is 109 Å². The maximum atomic E-state index is 11.2. The van der Waals surface area contributed by atoms with Crippen LogP contribution in [-0.2, 0) is 0 Å². The van der Waals surface area contributed by atoms with E-state index in [9.17, 15) is 4.79 Å². The Bertz CT molecular complexity index is 1350. The van der Waals surface area contributed by atoms with Crippen molar-refractivity contribution in [3.8, 4) is 39.6 Å². The smallest absolute Gasteiger partial charge is 0.150 e. The van der Waals surface area contributed by atoms with E-state index in [1.165, 1.54) is 5.56 Å². The fraction of sp³-hybridized carbons (Fsp3) is 0.0345. The van der Waals surface area contributed by atoms with Gasteiger partial charge in [-0.05, 0) is 19.1 Å². The van der Waals surface area contributed by atoms with Crippen LogP contribution < -0.4 is 0 Å². The van der Waals surface area contributed by atoms with Gasteiger partial charge in [0.2, 0.25) is 0 Å². The zero-order valence-corrected chi connectivity index (χ0v) is 17.8. The Morgan fingerprint density at radius 2 is 1.25 bits per heavy atom. The van der Waals surface area contributed by atoms with E-state index in [2.05, 4.69) is 72.2 Å². The fourth-order valence-electron chi connectivity index (χ4n) is 3.93. The van der Waals surface area contributed by atoms with Crippen LogP contribution in [0.25, 0.3) is 39.6 Å². The minimum atomic E-state index is 0.647. The predicted molar refractivity (Wildman–Crippen MR) is 130 cm³/mol. The summed E-state index contributed by atoms with van der Waals surface area (Å²) in [5, 5.41) is 0. The lowest BCUT2D eigenvalue weighted by Crippen LogP contribution is -2.00. The van der Waals surface area contributed by atoms with Gasteiger partial charge in [-0.2, -0.15) is 0 Å². The highest BCUT2D eigenvalue weighted by Gasteiger charge is 2.22. The summed E-state index contributed by atoms with van der Waals surface area (Å²) in [6.07, 6.45) is 0.862. The number of aryl methyl sites for hydroxylation is 1. The molecule has 5 aromatic rings. The number of rotatable bonds is 5. The van der Waals surface area contributed by atoms with Crippen LogP contribution in [0.1, 0.15) is 15.9 Å². The summed E-state index contributed by atoms with van der Waals surface area (Å²) in [5.74, 6) is 0.837. The fourth-order valence-corrected chi connectivity index (χ4v) is 3.93. The van der Waals surface area contributed by atoms with Gasteiger partial charge in [-0.25, -0.2) is 4.98 Å². The highest BCUT2D eigenvalue weighted by molar-refractivity contribution is 5.84. The minimum Gasteiger partial charge on any atom is -0.298 e. The van der Waals surface area contributed by atoms with E-state index in [0.717, 1.165) is 45.9 Å². The molecule has 0 saturated heterocycles. The first-order chi connectivity index (χ1) is 15.7. The first kappa shape index (κ1) is 19.7. The maximum Gasteiger partial charge on any atom is 0.150 e. The van der Waals surface area contributed by atoms with Crippen LogP contribution in [-0.4, -0.2) is 15.8 Å². The van der Waals surface area contributed by atoms with E-state index in [4.69, 9.17) is 4.98 Å². The van der Waals surface area contributed by atoms with Gasteiger partial charge in [-0.3, -0.25) is 9.36 Å². The van der Waals surface area contributed by atoms with Crippen molar-refractivity contribution >= 4 is 6.29 Å². The molecule has 0 aliphatic heterocycles. The Morgan fingerprint density at radius 3 is 1.84 bits per heavy atom. The van der Waals surface area contributed by atoms with Gasteiger partial charge in [0.25, 0.3) is 0 Å². The molecular weight excluding hydrogens is 392 g/mol. The second kappa shape index (κ2) is 8.48. The SMILES string of the molecule is Cc1ccc(-n2c(-c3ccc(C=O)cc3)nc(-c3ccccc3)c2-c2ccccc2)cc1. The molecule has 3 heteroatoms. The number of carbonyl (C=O) groups excluding carboxylic acids is 1. The molecule has 0 amide bonds. The Morgan fingerprint density at radius 1 is 0.656 bits per heavy atom. The van der Waals surface area contributed by atoms with E-state index in [-0.39, 0.29) is 0 Å². The normalized spacial score (nSPS) is 10.8. The lowest BCUT2D eigenvalue weighted by atomic mass is 10.0. The number of benzene rings is 4. The Labute approximate surface area is 187 Å². The monoisotopic (exact) mass is 414 g/mol. The van der Waals surface area contributed by atoms with Crippen molar-refractivity contribution in [2.75, 3.05) is 0 Å². The molecule has 0 N–H and O–H groups in total. The standard InChI is InChI=1S/C29H22N2O/c1-21-12-18-26(19-13-21)31-28(24-10-6-3-7-11-24)27(23-8-4-2-5-9-23)30-29(31)25-16-14-22(20-32)15-17-25/h2-20H,1H3. The molecule has 0 aliphatic carbocycles. The van der Waals surface area contributed by atoms with Gasteiger partial charge < -0.3 is 0 Å². The third kappa shape index (κ3) is 3.65.